The van der Waals surface area contributed by atoms with Crippen molar-refractivity contribution in [3.63, 3.8) is 0 Å². The van der Waals surface area contributed by atoms with Gasteiger partial charge >= 0.3 is 0 Å². The molecular formula is C15H23N3O2. The number of nitrogens with zero attached hydrogens (tertiary/aromatic N) is 2. The molecule has 1 aromatic rings. The monoisotopic (exact) mass is 277 g/mol. The molecule has 1 aromatic heterocycles. The van der Waals surface area contributed by atoms with E-state index in [2.05, 4.69) is 11.9 Å². The summed E-state index contributed by atoms with van der Waals surface area (Å²) in [5.41, 5.74) is 7.29. The molecule has 5 heteroatoms. The van der Waals surface area contributed by atoms with E-state index in [1.165, 1.54) is 0 Å². The summed E-state index contributed by atoms with van der Waals surface area (Å²) in [5.74, 6) is 0.391. The van der Waals surface area contributed by atoms with Crippen LogP contribution in [0.5, 0.6) is 0 Å². The van der Waals surface area contributed by atoms with Gasteiger partial charge in [0.25, 0.3) is 5.91 Å². The summed E-state index contributed by atoms with van der Waals surface area (Å²) in [7, 11) is 1.83. The average molecular weight is 277 g/mol. The topological polar surface area (TPSA) is 68.5 Å². The SMILES string of the molecule is CCCc1cc(C(=O)N(C)C2CCOC2C)cc(N)n1. The van der Waals surface area contributed by atoms with Gasteiger partial charge in [0.15, 0.2) is 0 Å². The van der Waals surface area contributed by atoms with Crippen molar-refractivity contribution in [2.75, 3.05) is 19.4 Å². The van der Waals surface area contributed by atoms with Crippen LogP contribution in [-0.4, -0.2) is 41.6 Å². The van der Waals surface area contributed by atoms with Gasteiger partial charge in [-0.15, -0.1) is 0 Å². The molecule has 5 nitrogen and oxygen atoms in total. The smallest absolute Gasteiger partial charge is 0.254 e. The molecule has 2 atom stereocenters. The molecule has 0 radical (unpaired) electrons. The van der Waals surface area contributed by atoms with E-state index in [0.717, 1.165) is 25.0 Å². The molecule has 1 saturated heterocycles. The van der Waals surface area contributed by atoms with Gasteiger partial charge in [0.1, 0.15) is 5.82 Å². The molecule has 0 bridgehead atoms. The van der Waals surface area contributed by atoms with E-state index in [1.54, 1.807) is 11.0 Å². The number of likely N-dealkylation sites (N-methyl/N-ethyl adjacent to an activating group) is 1. The first-order chi connectivity index (χ1) is 9.52. The van der Waals surface area contributed by atoms with Crippen molar-refractivity contribution in [2.45, 2.75) is 45.3 Å². The molecule has 1 aliphatic rings. The largest absolute Gasteiger partial charge is 0.384 e. The fourth-order valence-electron chi connectivity index (χ4n) is 2.70. The molecule has 0 spiro atoms. The molecular weight excluding hydrogens is 254 g/mol. The highest BCUT2D eigenvalue weighted by atomic mass is 16.5. The first-order valence-corrected chi connectivity index (χ1v) is 7.18. The Balaban J connectivity index is 2.19. The number of anilines is 1. The molecule has 2 N–H and O–H groups in total. The van der Waals surface area contributed by atoms with Crippen LogP contribution in [0.15, 0.2) is 12.1 Å². The van der Waals surface area contributed by atoms with Crippen LogP contribution in [-0.2, 0) is 11.2 Å². The van der Waals surface area contributed by atoms with Crippen molar-refractivity contribution in [1.82, 2.24) is 9.88 Å². The maximum absolute atomic E-state index is 12.6. The van der Waals surface area contributed by atoms with Crippen LogP contribution in [0.1, 0.15) is 42.7 Å². The van der Waals surface area contributed by atoms with Crippen molar-refractivity contribution in [3.8, 4) is 0 Å². The summed E-state index contributed by atoms with van der Waals surface area (Å²) < 4.78 is 5.53. The summed E-state index contributed by atoms with van der Waals surface area (Å²) in [6.07, 6.45) is 2.77. The number of aromatic nitrogens is 1. The fraction of sp³-hybridized carbons (Fsp3) is 0.600. The first-order valence-electron chi connectivity index (χ1n) is 7.18. The van der Waals surface area contributed by atoms with Crippen LogP contribution < -0.4 is 5.73 Å². The number of rotatable bonds is 4. The molecule has 1 amide bonds. The molecule has 2 heterocycles. The third kappa shape index (κ3) is 3.10. The van der Waals surface area contributed by atoms with Gasteiger partial charge in [-0.05, 0) is 31.9 Å². The van der Waals surface area contributed by atoms with Gasteiger partial charge in [-0.1, -0.05) is 13.3 Å². The third-order valence-electron chi connectivity index (χ3n) is 3.81. The quantitative estimate of drug-likeness (QED) is 0.912. The highest BCUT2D eigenvalue weighted by Crippen LogP contribution is 2.21. The lowest BCUT2D eigenvalue weighted by molar-refractivity contribution is 0.0574. The van der Waals surface area contributed by atoms with E-state index in [-0.39, 0.29) is 18.1 Å². The zero-order valence-electron chi connectivity index (χ0n) is 12.4. The van der Waals surface area contributed by atoms with E-state index in [1.807, 2.05) is 20.0 Å². The number of nitrogens with two attached hydrogens (primary N) is 1. The molecule has 1 fully saturated rings. The zero-order valence-corrected chi connectivity index (χ0v) is 12.4. The molecule has 2 unspecified atom stereocenters. The highest BCUT2D eigenvalue weighted by Gasteiger charge is 2.31. The zero-order chi connectivity index (χ0) is 14.7. The Morgan fingerprint density at radius 3 is 2.90 bits per heavy atom. The number of hydrogen-bond acceptors (Lipinski definition) is 4. The number of pyridine rings is 1. The Labute approximate surface area is 120 Å². The number of amides is 1. The Bertz CT molecular complexity index is 490. The Kier molecular flexibility index (Phi) is 4.60. The molecule has 110 valence electrons. The lowest BCUT2D eigenvalue weighted by Crippen LogP contribution is -2.41. The van der Waals surface area contributed by atoms with Crippen LogP contribution in [0, 0.1) is 0 Å². The molecule has 0 saturated carbocycles. The van der Waals surface area contributed by atoms with Crippen molar-refractivity contribution < 1.29 is 9.53 Å². The standard InChI is InChI=1S/C15H23N3O2/c1-4-5-12-8-11(9-14(16)17-12)15(19)18(3)13-6-7-20-10(13)2/h8-10,13H,4-7H2,1-3H3,(H2,16,17). The number of hydrogen-bond donors (Lipinski definition) is 1. The highest BCUT2D eigenvalue weighted by molar-refractivity contribution is 5.95. The Morgan fingerprint density at radius 2 is 2.30 bits per heavy atom. The number of aryl methyl sites for hydroxylation is 1. The van der Waals surface area contributed by atoms with Gasteiger partial charge in [0, 0.05) is 24.9 Å². The minimum absolute atomic E-state index is 0.0150. The Morgan fingerprint density at radius 1 is 1.55 bits per heavy atom. The van der Waals surface area contributed by atoms with E-state index in [9.17, 15) is 4.79 Å². The lowest BCUT2D eigenvalue weighted by Gasteiger charge is -2.27. The normalized spacial score (nSPS) is 21.9. The van der Waals surface area contributed by atoms with Gasteiger partial charge in [-0.2, -0.15) is 0 Å². The molecule has 0 aliphatic carbocycles. The van der Waals surface area contributed by atoms with E-state index in [4.69, 9.17) is 10.5 Å². The maximum Gasteiger partial charge on any atom is 0.254 e. The van der Waals surface area contributed by atoms with Gasteiger partial charge in [0.2, 0.25) is 0 Å². The fourth-order valence-corrected chi connectivity index (χ4v) is 2.70. The summed E-state index contributed by atoms with van der Waals surface area (Å²) in [4.78, 5) is 18.6. The van der Waals surface area contributed by atoms with Gasteiger partial charge in [-0.3, -0.25) is 4.79 Å². The lowest BCUT2D eigenvalue weighted by atomic mass is 10.1. The van der Waals surface area contributed by atoms with Crippen LogP contribution in [0.4, 0.5) is 5.82 Å². The summed E-state index contributed by atoms with van der Waals surface area (Å²) in [6, 6.07) is 3.63. The van der Waals surface area contributed by atoms with Gasteiger partial charge < -0.3 is 15.4 Å². The van der Waals surface area contributed by atoms with Crippen LogP contribution in [0.3, 0.4) is 0 Å². The predicted molar refractivity (Wildman–Crippen MR) is 78.6 cm³/mol. The van der Waals surface area contributed by atoms with Crippen molar-refractivity contribution in [1.29, 1.82) is 0 Å². The van der Waals surface area contributed by atoms with E-state index >= 15 is 0 Å². The maximum atomic E-state index is 12.6. The minimum atomic E-state index is -0.0150. The summed E-state index contributed by atoms with van der Waals surface area (Å²) in [5, 5.41) is 0. The van der Waals surface area contributed by atoms with E-state index < -0.39 is 0 Å². The molecule has 20 heavy (non-hydrogen) atoms. The predicted octanol–water partition coefficient (Wildman–Crippen LogP) is 1.87. The van der Waals surface area contributed by atoms with Crippen molar-refractivity contribution in [3.05, 3.63) is 23.4 Å². The van der Waals surface area contributed by atoms with Crippen molar-refractivity contribution >= 4 is 11.7 Å². The Hall–Kier alpha value is -1.62. The second kappa shape index (κ2) is 6.22. The average Bonchev–Trinajstić information content (AvgIpc) is 2.83. The number of carbonyl (C=O) groups is 1. The second-order valence-corrected chi connectivity index (χ2v) is 5.37. The van der Waals surface area contributed by atoms with Crippen LogP contribution in [0.25, 0.3) is 0 Å². The first kappa shape index (κ1) is 14.8. The number of nitrogen functional groups attached to an aromatic ring is 1. The summed E-state index contributed by atoms with van der Waals surface area (Å²) >= 11 is 0. The summed E-state index contributed by atoms with van der Waals surface area (Å²) in [6.45, 7) is 4.80. The van der Waals surface area contributed by atoms with Crippen LogP contribution in [0.2, 0.25) is 0 Å². The number of carbonyl (C=O) groups excluding carboxylic acids is 1. The molecule has 0 aromatic carbocycles. The van der Waals surface area contributed by atoms with Crippen molar-refractivity contribution in [2.24, 2.45) is 0 Å². The van der Waals surface area contributed by atoms with Gasteiger partial charge in [-0.25, -0.2) is 4.98 Å². The van der Waals surface area contributed by atoms with E-state index in [0.29, 0.717) is 18.0 Å². The molecule has 1 aliphatic heterocycles. The number of ether oxygens (including phenoxy) is 1. The van der Waals surface area contributed by atoms with Crippen LogP contribution >= 0.6 is 0 Å². The second-order valence-electron chi connectivity index (χ2n) is 5.37. The van der Waals surface area contributed by atoms with Gasteiger partial charge in [0.05, 0.1) is 12.1 Å². The molecule has 2 rings (SSSR count). The minimum Gasteiger partial charge on any atom is -0.384 e. The third-order valence-corrected chi connectivity index (χ3v) is 3.81.